The Kier molecular flexibility index (Phi) is 7.87. The molecule has 0 aliphatic carbocycles. The predicted octanol–water partition coefficient (Wildman–Crippen LogP) is 3.91. The first-order valence-electron chi connectivity index (χ1n) is 12.5. The van der Waals surface area contributed by atoms with Crippen molar-refractivity contribution in [1.29, 1.82) is 0 Å². The third-order valence-electron chi connectivity index (χ3n) is 6.26. The number of amidine groups is 2. The molecule has 0 fully saturated rings. The molecule has 2 aliphatic rings. The minimum Gasteiger partial charge on any atom is -0.467 e. The molecule has 1 aromatic heterocycles. The van der Waals surface area contributed by atoms with E-state index in [4.69, 9.17) is 4.42 Å². The topological polar surface area (TPSA) is 116 Å². The van der Waals surface area contributed by atoms with Crippen molar-refractivity contribution in [2.24, 2.45) is 9.98 Å². The largest absolute Gasteiger partial charge is 0.467 e. The van der Waals surface area contributed by atoms with Gasteiger partial charge in [0.15, 0.2) is 5.17 Å². The number of fused-ring (bicyclic) bond motifs is 3. The standard InChI is InChI=1S/C28H26FN5O4S/c1-2-23(26(36)31-16-19-6-5-13-38-19)39-28-33-21-8-4-3-7-20(21)25-32-22(27(37)34(25)28)14-24(35)30-15-17-9-11-18(29)12-10-17/h3-13,22-23H,2,14-16H2,1H3,(H,30,35)(H,31,36)/t22-,23+/m1/s1. The molecular weight excluding hydrogens is 521 g/mol. The molecule has 0 unspecified atom stereocenters. The van der Waals surface area contributed by atoms with Crippen LogP contribution in [0.5, 0.6) is 0 Å². The molecule has 0 radical (unpaired) electrons. The number of halogens is 1. The molecule has 5 rings (SSSR count). The van der Waals surface area contributed by atoms with Crippen LogP contribution in [0.15, 0.2) is 81.3 Å². The number of benzene rings is 2. The number of carbonyl (C=O) groups excluding carboxylic acids is 3. The first kappa shape index (κ1) is 26.4. The van der Waals surface area contributed by atoms with Gasteiger partial charge in [-0.2, -0.15) is 0 Å². The molecule has 39 heavy (non-hydrogen) atoms. The molecule has 2 atom stereocenters. The van der Waals surface area contributed by atoms with Crippen LogP contribution in [0.2, 0.25) is 0 Å². The van der Waals surface area contributed by atoms with Crippen molar-refractivity contribution in [3.05, 3.63) is 89.6 Å². The van der Waals surface area contributed by atoms with Crippen LogP contribution in [-0.2, 0) is 27.5 Å². The van der Waals surface area contributed by atoms with Crippen LogP contribution in [0, 0.1) is 5.82 Å². The van der Waals surface area contributed by atoms with Crippen molar-refractivity contribution in [2.45, 2.75) is 44.1 Å². The van der Waals surface area contributed by atoms with Crippen molar-refractivity contribution >= 4 is 46.2 Å². The third-order valence-corrected chi connectivity index (χ3v) is 7.57. The van der Waals surface area contributed by atoms with Gasteiger partial charge in [0.2, 0.25) is 11.8 Å². The van der Waals surface area contributed by atoms with Gasteiger partial charge in [-0.15, -0.1) is 0 Å². The summed E-state index contributed by atoms with van der Waals surface area (Å²) in [6, 6.07) is 15.7. The minimum absolute atomic E-state index is 0.152. The maximum Gasteiger partial charge on any atom is 0.259 e. The van der Waals surface area contributed by atoms with Crippen LogP contribution in [0.3, 0.4) is 0 Å². The molecule has 2 aliphatic heterocycles. The van der Waals surface area contributed by atoms with Gasteiger partial charge in [0, 0.05) is 12.1 Å². The van der Waals surface area contributed by atoms with Gasteiger partial charge in [-0.1, -0.05) is 43.0 Å². The molecule has 0 saturated heterocycles. The molecule has 3 heterocycles. The monoisotopic (exact) mass is 547 g/mol. The van der Waals surface area contributed by atoms with Gasteiger partial charge in [-0.25, -0.2) is 14.3 Å². The summed E-state index contributed by atoms with van der Waals surface area (Å²) in [5.41, 5.74) is 2.05. The molecule has 11 heteroatoms. The summed E-state index contributed by atoms with van der Waals surface area (Å²) < 4.78 is 18.4. The van der Waals surface area contributed by atoms with Gasteiger partial charge in [-0.3, -0.25) is 19.4 Å². The number of hydrogen-bond acceptors (Lipinski definition) is 7. The Morgan fingerprint density at radius 1 is 1.08 bits per heavy atom. The highest BCUT2D eigenvalue weighted by molar-refractivity contribution is 8.15. The SMILES string of the molecule is CC[C@H](SC1=Nc2ccccc2C2=N[C@H](CC(=O)NCc3ccc(F)cc3)C(=O)N12)C(=O)NCc1ccco1. The molecule has 0 spiro atoms. The van der Waals surface area contributed by atoms with E-state index in [2.05, 4.69) is 20.6 Å². The number of aliphatic imine (C=N–C) groups is 2. The maximum absolute atomic E-state index is 13.5. The van der Waals surface area contributed by atoms with E-state index in [9.17, 15) is 18.8 Å². The molecular formula is C28H26FN5O4S. The normalized spacial score (nSPS) is 16.6. The van der Waals surface area contributed by atoms with Crippen LogP contribution in [0.1, 0.15) is 36.7 Å². The van der Waals surface area contributed by atoms with Gasteiger partial charge >= 0.3 is 0 Å². The van der Waals surface area contributed by atoms with E-state index in [-0.39, 0.29) is 43.0 Å². The molecule has 3 amide bonds. The molecule has 9 nitrogen and oxygen atoms in total. The molecule has 2 aromatic carbocycles. The van der Waals surface area contributed by atoms with Crippen molar-refractivity contribution in [1.82, 2.24) is 15.5 Å². The fraction of sp³-hybridized carbons (Fsp3) is 0.250. The van der Waals surface area contributed by atoms with E-state index in [1.165, 1.54) is 28.8 Å². The average molecular weight is 548 g/mol. The first-order valence-corrected chi connectivity index (χ1v) is 13.4. The summed E-state index contributed by atoms with van der Waals surface area (Å²) in [7, 11) is 0. The number of furan rings is 1. The lowest BCUT2D eigenvalue weighted by Gasteiger charge is -2.27. The zero-order valence-corrected chi connectivity index (χ0v) is 21.9. The van der Waals surface area contributed by atoms with E-state index in [1.54, 1.807) is 30.5 Å². The molecule has 0 bridgehead atoms. The summed E-state index contributed by atoms with van der Waals surface area (Å²) >= 11 is 1.18. The number of carbonyl (C=O) groups is 3. The van der Waals surface area contributed by atoms with Crippen LogP contribution in [0.25, 0.3) is 0 Å². The third kappa shape index (κ3) is 5.93. The number of para-hydroxylation sites is 1. The van der Waals surface area contributed by atoms with E-state index in [0.29, 0.717) is 34.4 Å². The second-order valence-electron chi connectivity index (χ2n) is 8.97. The van der Waals surface area contributed by atoms with Crippen molar-refractivity contribution in [2.75, 3.05) is 0 Å². The Labute approximate surface area is 228 Å². The zero-order chi connectivity index (χ0) is 27.4. The number of amides is 3. The summed E-state index contributed by atoms with van der Waals surface area (Å²) in [4.78, 5) is 49.8. The predicted molar refractivity (Wildman–Crippen MR) is 146 cm³/mol. The average Bonchev–Trinajstić information content (AvgIpc) is 3.58. The van der Waals surface area contributed by atoms with Crippen LogP contribution < -0.4 is 10.6 Å². The Hall–Kier alpha value is -4.25. The number of thioether (sulfide) groups is 1. The van der Waals surface area contributed by atoms with Gasteiger partial charge in [0.25, 0.3) is 5.91 Å². The summed E-state index contributed by atoms with van der Waals surface area (Å²) in [6.07, 6.45) is 1.89. The lowest BCUT2D eigenvalue weighted by molar-refractivity contribution is -0.128. The molecule has 200 valence electrons. The lowest BCUT2D eigenvalue weighted by Crippen LogP contribution is -2.43. The first-order chi connectivity index (χ1) is 18.9. The summed E-state index contributed by atoms with van der Waals surface area (Å²) in [6.45, 7) is 2.34. The van der Waals surface area contributed by atoms with Gasteiger partial charge < -0.3 is 15.1 Å². The Bertz CT molecular complexity index is 1440. The second-order valence-corrected chi connectivity index (χ2v) is 10.1. The van der Waals surface area contributed by atoms with E-state index < -0.39 is 11.3 Å². The Morgan fingerprint density at radius 2 is 1.87 bits per heavy atom. The highest BCUT2D eigenvalue weighted by Gasteiger charge is 2.43. The zero-order valence-electron chi connectivity index (χ0n) is 21.1. The fourth-order valence-corrected chi connectivity index (χ4v) is 5.26. The number of nitrogens with zero attached hydrogens (tertiary/aromatic N) is 3. The Morgan fingerprint density at radius 3 is 2.62 bits per heavy atom. The minimum atomic E-state index is -0.932. The number of rotatable bonds is 9. The van der Waals surface area contributed by atoms with E-state index >= 15 is 0 Å². The number of hydrogen-bond donors (Lipinski definition) is 2. The molecule has 0 saturated carbocycles. The van der Waals surface area contributed by atoms with Crippen LogP contribution in [-0.4, -0.2) is 44.9 Å². The summed E-state index contributed by atoms with van der Waals surface area (Å²) in [5, 5.41) is 5.45. The Balaban J connectivity index is 1.30. The molecule has 2 N–H and O–H groups in total. The van der Waals surface area contributed by atoms with Crippen LogP contribution in [0.4, 0.5) is 10.1 Å². The smallest absolute Gasteiger partial charge is 0.259 e. The van der Waals surface area contributed by atoms with E-state index in [1.807, 2.05) is 31.2 Å². The number of nitrogens with one attached hydrogen (secondary N) is 2. The van der Waals surface area contributed by atoms with Crippen LogP contribution >= 0.6 is 11.8 Å². The summed E-state index contributed by atoms with van der Waals surface area (Å²) in [5.74, 6) is -0.252. The van der Waals surface area contributed by atoms with Crippen molar-refractivity contribution in [3.8, 4) is 0 Å². The fourth-order valence-electron chi connectivity index (χ4n) is 4.22. The highest BCUT2D eigenvalue weighted by Crippen LogP contribution is 2.35. The van der Waals surface area contributed by atoms with Gasteiger partial charge in [0.1, 0.15) is 23.5 Å². The lowest BCUT2D eigenvalue weighted by atomic mass is 10.1. The van der Waals surface area contributed by atoms with Gasteiger partial charge in [0.05, 0.1) is 30.2 Å². The second kappa shape index (κ2) is 11.6. The van der Waals surface area contributed by atoms with Gasteiger partial charge in [-0.05, 0) is 48.4 Å². The van der Waals surface area contributed by atoms with E-state index in [0.717, 1.165) is 5.56 Å². The maximum atomic E-state index is 13.5. The van der Waals surface area contributed by atoms with Crippen molar-refractivity contribution in [3.63, 3.8) is 0 Å². The quantitative estimate of drug-likeness (QED) is 0.421. The highest BCUT2D eigenvalue weighted by atomic mass is 32.2. The van der Waals surface area contributed by atoms with Crippen molar-refractivity contribution < 1.29 is 23.2 Å². The molecule has 3 aromatic rings.